The quantitative estimate of drug-likeness (QED) is 0.642. The van der Waals surface area contributed by atoms with Crippen LogP contribution < -0.4 is 15.4 Å². The molecule has 2 N–H and O–H groups in total. The summed E-state index contributed by atoms with van der Waals surface area (Å²) < 4.78 is 50.4. The first kappa shape index (κ1) is 22.4. The Labute approximate surface area is 179 Å². The Morgan fingerprint density at radius 1 is 1.27 bits per heavy atom. The summed E-state index contributed by atoms with van der Waals surface area (Å²) in [5.74, 6) is -1.02. The minimum Gasteiger partial charge on any atom is -0.406 e. The van der Waals surface area contributed by atoms with E-state index in [-0.39, 0.29) is 34.1 Å². The van der Waals surface area contributed by atoms with Crippen molar-refractivity contribution in [2.45, 2.75) is 19.0 Å². The average Bonchev–Trinajstić information content (AvgIpc) is 2.71. The molecule has 1 aliphatic heterocycles. The van der Waals surface area contributed by atoms with Gasteiger partial charge < -0.3 is 20.1 Å². The summed E-state index contributed by atoms with van der Waals surface area (Å²) in [6.07, 6.45) is -3.62. The van der Waals surface area contributed by atoms with Gasteiger partial charge in [-0.15, -0.1) is 0 Å². The van der Waals surface area contributed by atoms with Gasteiger partial charge in [0.1, 0.15) is 0 Å². The minimum absolute atomic E-state index is 0.101. The molecule has 2 aromatic rings. The second kappa shape index (κ2) is 9.67. The lowest BCUT2D eigenvalue weighted by atomic mass is 10.0. The molecule has 0 unspecified atom stereocenters. The fourth-order valence-electron chi connectivity index (χ4n) is 2.74. The molecule has 0 saturated carbocycles. The Bertz CT molecular complexity index is 909. The van der Waals surface area contributed by atoms with Gasteiger partial charge in [0.2, 0.25) is 5.95 Å². The summed E-state index contributed by atoms with van der Waals surface area (Å²) in [5, 5.41) is 5.34. The van der Waals surface area contributed by atoms with Crippen molar-refractivity contribution in [3.8, 4) is 5.75 Å². The largest absolute Gasteiger partial charge is 0.437 e. The molecule has 0 radical (unpaired) electrons. The second-order valence-corrected chi connectivity index (χ2v) is 7.24. The number of halogens is 5. The Kier molecular flexibility index (Phi) is 7.22. The molecule has 1 fully saturated rings. The van der Waals surface area contributed by atoms with E-state index in [4.69, 9.17) is 32.7 Å². The molecule has 1 saturated heterocycles. The van der Waals surface area contributed by atoms with E-state index in [1.54, 1.807) is 6.07 Å². The number of benzene rings is 1. The summed E-state index contributed by atoms with van der Waals surface area (Å²) in [5.41, 5.74) is -1.18. The lowest BCUT2D eigenvalue weighted by Crippen LogP contribution is -2.34. The van der Waals surface area contributed by atoms with Crippen molar-refractivity contribution in [2.75, 3.05) is 25.1 Å². The van der Waals surface area contributed by atoms with E-state index in [0.717, 1.165) is 19.0 Å². The van der Waals surface area contributed by atoms with E-state index in [2.05, 4.69) is 20.6 Å². The molecule has 0 atom stereocenters. The number of nitrogens with one attached hydrogen (secondary N) is 2. The van der Waals surface area contributed by atoms with Crippen LogP contribution in [0.4, 0.5) is 29.6 Å². The van der Waals surface area contributed by atoms with Gasteiger partial charge in [-0.3, -0.25) is 0 Å². The van der Waals surface area contributed by atoms with E-state index in [0.29, 0.717) is 13.2 Å². The molecule has 1 aliphatic rings. The number of ether oxygens (including phenoxy) is 2. The number of nitrogens with zero attached hydrogens (tertiary/aromatic N) is 2. The van der Waals surface area contributed by atoms with Crippen molar-refractivity contribution in [2.24, 2.45) is 5.92 Å². The number of carbonyl (C=O) groups is 1. The molecule has 12 heteroatoms. The number of carbonyl (C=O) groups excluding carboxylic acids is 1. The van der Waals surface area contributed by atoms with Crippen LogP contribution in [0.3, 0.4) is 0 Å². The maximum atomic E-state index is 13.4. The Morgan fingerprint density at radius 3 is 2.70 bits per heavy atom. The first-order valence-corrected chi connectivity index (χ1v) is 9.68. The Morgan fingerprint density at radius 2 is 2.00 bits per heavy atom. The van der Waals surface area contributed by atoms with Crippen molar-refractivity contribution in [3.63, 3.8) is 0 Å². The predicted molar refractivity (Wildman–Crippen MR) is 104 cm³/mol. The van der Waals surface area contributed by atoms with Crippen molar-refractivity contribution in [1.82, 2.24) is 15.3 Å². The van der Waals surface area contributed by atoms with Crippen LogP contribution in [0.25, 0.3) is 0 Å². The van der Waals surface area contributed by atoms with Crippen molar-refractivity contribution in [3.05, 3.63) is 40.1 Å². The summed E-state index contributed by atoms with van der Waals surface area (Å²) in [6.45, 7) is 1.44. The molecule has 3 rings (SSSR count). The third-order valence-electron chi connectivity index (χ3n) is 4.30. The zero-order chi connectivity index (χ0) is 21.7. The highest BCUT2D eigenvalue weighted by atomic mass is 35.5. The molecule has 7 nitrogen and oxygen atoms in total. The molecule has 0 spiro atoms. The molecule has 30 heavy (non-hydrogen) atoms. The number of hydrogen-bond donors (Lipinski definition) is 2. The third kappa shape index (κ3) is 5.87. The fraction of sp³-hybridized carbons (Fsp3) is 0.389. The summed E-state index contributed by atoms with van der Waals surface area (Å²) in [6, 6.07) is 4.58. The fourth-order valence-corrected chi connectivity index (χ4v) is 3.09. The summed E-state index contributed by atoms with van der Waals surface area (Å²) in [7, 11) is 0. The highest BCUT2D eigenvalue weighted by molar-refractivity contribution is 6.43. The number of aromatic nitrogens is 2. The molecular weight excluding hydrogens is 448 g/mol. The molecule has 162 valence electrons. The zero-order valence-electron chi connectivity index (χ0n) is 15.4. The van der Waals surface area contributed by atoms with E-state index in [9.17, 15) is 18.0 Å². The first-order chi connectivity index (χ1) is 14.2. The van der Waals surface area contributed by atoms with Crippen LogP contribution >= 0.6 is 23.2 Å². The predicted octanol–water partition coefficient (Wildman–Crippen LogP) is 5.06. The van der Waals surface area contributed by atoms with Gasteiger partial charge in [-0.1, -0.05) is 29.3 Å². The number of amides is 1. The first-order valence-electron chi connectivity index (χ1n) is 8.92. The Balaban J connectivity index is 1.72. The van der Waals surface area contributed by atoms with Gasteiger partial charge in [0.15, 0.2) is 11.4 Å². The van der Waals surface area contributed by atoms with Crippen LogP contribution in [0, 0.1) is 5.92 Å². The van der Waals surface area contributed by atoms with Gasteiger partial charge in [0.25, 0.3) is 0 Å². The second-order valence-electron chi connectivity index (χ2n) is 6.46. The van der Waals surface area contributed by atoms with Crippen LogP contribution in [-0.4, -0.2) is 35.8 Å². The van der Waals surface area contributed by atoms with Crippen molar-refractivity contribution >= 4 is 40.9 Å². The highest BCUT2D eigenvalue weighted by Gasteiger charge is 2.38. The average molecular weight is 465 g/mol. The lowest BCUT2D eigenvalue weighted by Gasteiger charge is -2.22. The van der Waals surface area contributed by atoms with Crippen LogP contribution in [-0.2, 0) is 10.9 Å². The molecule has 2 heterocycles. The van der Waals surface area contributed by atoms with Crippen molar-refractivity contribution in [1.29, 1.82) is 0 Å². The molecule has 1 aromatic carbocycles. The highest BCUT2D eigenvalue weighted by Crippen LogP contribution is 2.36. The van der Waals surface area contributed by atoms with Gasteiger partial charge >= 0.3 is 12.3 Å². The van der Waals surface area contributed by atoms with E-state index in [1.165, 1.54) is 12.1 Å². The van der Waals surface area contributed by atoms with Crippen LogP contribution in [0.2, 0.25) is 10.0 Å². The van der Waals surface area contributed by atoms with Gasteiger partial charge in [-0.05, 0) is 30.9 Å². The number of rotatable bonds is 5. The lowest BCUT2D eigenvalue weighted by molar-refractivity contribution is -0.142. The smallest absolute Gasteiger partial charge is 0.406 e. The topological polar surface area (TPSA) is 85.4 Å². The SMILES string of the molecule is O=C(NCC1CCOCC1)Oc1cnc(Nc2cccc(Cl)c2Cl)nc1C(F)(F)F. The molecule has 1 amide bonds. The third-order valence-corrected chi connectivity index (χ3v) is 5.12. The molecule has 0 bridgehead atoms. The number of alkyl halides is 3. The normalized spacial score (nSPS) is 15.0. The van der Waals surface area contributed by atoms with Crippen LogP contribution in [0.15, 0.2) is 24.4 Å². The zero-order valence-corrected chi connectivity index (χ0v) is 16.9. The minimum atomic E-state index is -4.88. The monoisotopic (exact) mass is 464 g/mol. The van der Waals surface area contributed by atoms with Crippen LogP contribution in [0.1, 0.15) is 18.5 Å². The maximum absolute atomic E-state index is 13.4. The van der Waals surface area contributed by atoms with Gasteiger partial charge in [-0.2, -0.15) is 13.2 Å². The van der Waals surface area contributed by atoms with E-state index >= 15 is 0 Å². The van der Waals surface area contributed by atoms with Gasteiger partial charge in [0, 0.05) is 19.8 Å². The standard InChI is InChI=1S/C18H17Cl2F3N4O3/c19-11-2-1-3-12(14(11)20)26-16-24-9-13(15(27-16)18(21,22)23)30-17(28)25-8-10-4-6-29-7-5-10/h1-3,9-10H,4-8H2,(H,25,28)(H,24,26,27). The molecular formula is C18H17Cl2F3N4O3. The Hall–Kier alpha value is -2.30. The summed E-state index contributed by atoms with van der Waals surface area (Å²) >= 11 is 11.9. The molecule has 1 aromatic heterocycles. The maximum Gasteiger partial charge on any atom is 0.437 e. The van der Waals surface area contributed by atoms with Gasteiger partial charge in [-0.25, -0.2) is 14.8 Å². The number of anilines is 2. The van der Waals surface area contributed by atoms with Crippen molar-refractivity contribution < 1.29 is 27.4 Å². The molecule has 0 aliphatic carbocycles. The van der Waals surface area contributed by atoms with Crippen LogP contribution in [0.5, 0.6) is 5.75 Å². The number of hydrogen-bond acceptors (Lipinski definition) is 6. The van der Waals surface area contributed by atoms with E-state index < -0.39 is 23.7 Å². The van der Waals surface area contributed by atoms with E-state index in [1.807, 2.05) is 0 Å². The van der Waals surface area contributed by atoms with Gasteiger partial charge in [0.05, 0.1) is 21.9 Å². The summed E-state index contributed by atoms with van der Waals surface area (Å²) in [4.78, 5) is 19.2.